The maximum atomic E-state index is 12.7. The lowest BCUT2D eigenvalue weighted by Gasteiger charge is -2.22. The van der Waals surface area contributed by atoms with Gasteiger partial charge in [0.1, 0.15) is 5.75 Å². The Bertz CT molecular complexity index is 944. The van der Waals surface area contributed by atoms with Gasteiger partial charge in [-0.2, -0.15) is 0 Å². The lowest BCUT2D eigenvalue weighted by molar-refractivity contribution is -0.116. The van der Waals surface area contributed by atoms with Crippen LogP contribution >= 0.6 is 34.9 Å². The first-order chi connectivity index (χ1) is 14.1. The van der Waals surface area contributed by atoms with Crippen molar-refractivity contribution in [3.8, 4) is 5.75 Å². The molecule has 3 rings (SSSR count). The predicted molar refractivity (Wildman–Crippen MR) is 122 cm³/mol. The van der Waals surface area contributed by atoms with E-state index in [0.29, 0.717) is 12.3 Å². The summed E-state index contributed by atoms with van der Waals surface area (Å²) in [5, 5.41) is 8.46. The first-order valence-electron chi connectivity index (χ1n) is 9.18. The van der Waals surface area contributed by atoms with Crippen LogP contribution < -0.4 is 9.64 Å². The summed E-state index contributed by atoms with van der Waals surface area (Å²) in [5.74, 6) is 2.10. The van der Waals surface area contributed by atoms with Crippen LogP contribution in [-0.4, -0.2) is 35.5 Å². The largest absolute Gasteiger partial charge is 0.497 e. The highest BCUT2D eigenvalue weighted by molar-refractivity contribution is 8.03. The number of anilines is 1. The molecule has 0 spiro atoms. The molecule has 152 valence electrons. The van der Waals surface area contributed by atoms with Crippen molar-refractivity contribution < 1.29 is 9.53 Å². The molecule has 0 N–H and O–H groups in total. The Hall–Kier alpha value is -2.03. The highest BCUT2D eigenvalue weighted by atomic mass is 32.2. The summed E-state index contributed by atoms with van der Waals surface area (Å²) >= 11 is 4.62. The highest BCUT2D eigenvalue weighted by Gasteiger charge is 2.17. The molecule has 0 fully saturated rings. The van der Waals surface area contributed by atoms with Gasteiger partial charge in [-0.15, -0.1) is 10.2 Å². The van der Waals surface area contributed by atoms with Crippen LogP contribution in [0.4, 0.5) is 5.69 Å². The van der Waals surface area contributed by atoms with E-state index >= 15 is 0 Å². The van der Waals surface area contributed by atoms with Crippen LogP contribution in [0.1, 0.15) is 18.1 Å². The number of carbonyl (C=O) groups excluding carboxylic acids is 1. The van der Waals surface area contributed by atoms with Crippen LogP contribution in [0.2, 0.25) is 0 Å². The van der Waals surface area contributed by atoms with Gasteiger partial charge in [0.25, 0.3) is 0 Å². The van der Waals surface area contributed by atoms with Gasteiger partial charge < -0.3 is 9.64 Å². The summed E-state index contributed by atoms with van der Waals surface area (Å²) in [6.07, 6.45) is 0. The minimum absolute atomic E-state index is 0.0782. The molecule has 3 aromatic rings. The lowest BCUT2D eigenvalue weighted by Crippen LogP contribution is -2.32. The van der Waals surface area contributed by atoms with Gasteiger partial charge in [-0.25, -0.2) is 0 Å². The number of ether oxygens (including phenoxy) is 1. The van der Waals surface area contributed by atoms with Crippen molar-refractivity contribution in [2.45, 2.75) is 28.3 Å². The number of thioether (sulfide) groups is 2. The second kappa shape index (κ2) is 10.7. The SMILES string of the molecule is CCN(C(=O)CSc1nnc(SCc2ccc(OC)cc2)s1)c1ccccc1C. The summed E-state index contributed by atoms with van der Waals surface area (Å²) in [6.45, 7) is 4.66. The van der Waals surface area contributed by atoms with Gasteiger partial charge in [0.2, 0.25) is 5.91 Å². The van der Waals surface area contributed by atoms with Crippen molar-refractivity contribution in [1.82, 2.24) is 10.2 Å². The van der Waals surface area contributed by atoms with E-state index < -0.39 is 0 Å². The van der Waals surface area contributed by atoms with Gasteiger partial charge in [-0.1, -0.05) is 65.2 Å². The number of benzene rings is 2. The van der Waals surface area contributed by atoms with Crippen LogP contribution in [0.3, 0.4) is 0 Å². The molecule has 0 aliphatic carbocycles. The average Bonchev–Trinajstić information content (AvgIpc) is 3.21. The van der Waals surface area contributed by atoms with Crippen LogP contribution in [-0.2, 0) is 10.5 Å². The topological polar surface area (TPSA) is 55.3 Å². The second-order valence-electron chi connectivity index (χ2n) is 6.18. The van der Waals surface area contributed by atoms with Crippen molar-refractivity contribution in [2.75, 3.05) is 24.3 Å². The number of hydrogen-bond donors (Lipinski definition) is 0. The van der Waals surface area contributed by atoms with Gasteiger partial charge in [0.05, 0.1) is 12.9 Å². The molecule has 0 aliphatic rings. The number of para-hydroxylation sites is 1. The summed E-state index contributed by atoms with van der Waals surface area (Å²) in [7, 11) is 1.66. The first kappa shape index (κ1) is 21.7. The molecule has 8 heteroatoms. The van der Waals surface area contributed by atoms with Crippen molar-refractivity contribution in [3.05, 3.63) is 59.7 Å². The number of amides is 1. The summed E-state index contributed by atoms with van der Waals surface area (Å²) in [4.78, 5) is 14.5. The van der Waals surface area contributed by atoms with Gasteiger partial charge in [-0.05, 0) is 43.2 Å². The van der Waals surface area contributed by atoms with Crippen LogP contribution in [0, 0.1) is 6.92 Å². The summed E-state index contributed by atoms with van der Waals surface area (Å²) in [5.41, 5.74) is 3.27. The van der Waals surface area contributed by atoms with Gasteiger partial charge in [0, 0.05) is 18.0 Å². The van der Waals surface area contributed by atoms with Crippen LogP contribution in [0.5, 0.6) is 5.75 Å². The summed E-state index contributed by atoms with van der Waals surface area (Å²) in [6, 6.07) is 16.0. The molecule has 29 heavy (non-hydrogen) atoms. The van der Waals surface area contributed by atoms with Gasteiger partial charge in [0.15, 0.2) is 8.68 Å². The fourth-order valence-corrected chi connectivity index (χ4v) is 5.58. The molecular formula is C21H23N3O2S3. The van der Waals surface area contributed by atoms with E-state index in [1.807, 2.05) is 67.3 Å². The molecule has 0 bridgehead atoms. The van der Waals surface area contributed by atoms with E-state index in [1.165, 1.54) is 28.7 Å². The zero-order chi connectivity index (χ0) is 20.6. The maximum absolute atomic E-state index is 12.7. The Balaban J connectivity index is 1.52. The van der Waals surface area contributed by atoms with Crippen molar-refractivity contribution >= 4 is 46.5 Å². The highest BCUT2D eigenvalue weighted by Crippen LogP contribution is 2.31. The van der Waals surface area contributed by atoms with Gasteiger partial charge >= 0.3 is 0 Å². The third-order valence-electron chi connectivity index (χ3n) is 4.25. The molecule has 0 atom stereocenters. The molecule has 0 saturated carbocycles. The Morgan fingerprint density at radius 2 is 1.76 bits per heavy atom. The fraction of sp³-hybridized carbons (Fsp3) is 0.286. The van der Waals surface area contributed by atoms with Crippen LogP contribution in [0.15, 0.2) is 57.2 Å². The predicted octanol–water partition coefficient (Wildman–Crippen LogP) is 5.29. The average molecular weight is 446 g/mol. The second-order valence-corrected chi connectivity index (χ2v) is 9.61. The molecule has 0 saturated heterocycles. The number of rotatable bonds is 9. The molecule has 5 nitrogen and oxygen atoms in total. The Morgan fingerprint density at radius 3 is 2.41 bits per heavy atom. The minimum atomic E-state index is 0.0782. The zero-order valence-electron chi connectivity index (χ0n) is 16.6. The van der Waals surface area contributed by atoms with Gasteiger partial charge in [-0.3, -0.25) is 4.79 Å². The van der Waals surface area contributed by atoms with E-state index in [1.54, 1.807) is 18.9 Å². The van der Waals surface area contributed by atoms with E-state index in [4.69, 9.17) is 4.74 Å². The Morgan fingerprint density at radius 1 is 1.07 bits per heavy atom. The molecule has 0 unspecified atom stereocenters. The van der Waals surface area contributed by atoms with Crippen LogP contribution in [0.25, 0.3) is 0 Å². The molecule has 0 aliphatic heterocycles. The van der Waals surface area contributed by atoms with Crippen molar-refractivity contribution in [1.29, 1.82) is 0 Å². The number of aromatic nitrogens is 2. The minimum Gasteiger partial charge on any atom is -0.497 e. The Labute approximate surface area is 183 Å². The van der Waals surface area contributed by atoms with Crippen molar-refractivity contribution in [3.63, 3.8) is 0 Å². The normalized spacial score (nSPS) is 10.7. The molecule has 0 radical (unpaired) electrons. The smallest absolute Gasteiger partial charge is 0.237 e. The van der Waals surface area contributed by atoms with E-state index in [-0.39, 0.29) is 5.91 Å². The number of hydrogen-bond acceptors (Lipinski definition) is 7. The third kappa shape index (κ3) is 5.98. The molecule has 1 aromatic heterocycles. The van der Waals surface area contributed by atoms with E-state index in [2.05, 4.69) is 10.2 Å². The maximum Gasteiger partial charge on any atom is 0.237 e. The fourth-order valence-electron chi connectivity index (χ4n) is 2.73. The Kier molecular flexibility index (Phi) is 7.97. The standard InChI is InChI=1S/C21H23N3O2S3/c1-4-24(18-8-6-5-7-15(18)2)19(25)14-28-21-23-22-20(29-21)27-13-16-9-11-17(26-3)12-10-16/h5-12H,4,13-14H2,1-3H3. The molecular weight excluding hydrogens is 422 g/mol. The van der Waals surface area contributed by atoms with E-state index in [0.717, 1.165) is 31.4 Å². The quantitative estimate of drug-likeness (QED) is 0.417. The molecule has 1 heterocycles. The lowest BCUT2D eigenvalue weighted by atomic mass is 10.2. The zero-order valence-corrected chi connectivity index (χ0v) is 19.1. The number of methoxy groups -OCH3 is 1. The first-order valence-corrected chi connectivity index (χ1v) is 12.0. The number of aryl methyl sites for hydroxylation is 1. The molecule has 2 aromatic carbocycles. The third-order valence-corrected chi connectivity index (χ3v) is 7.50. The number of carbonyl (C=O) groups is 1. The summed E-state index contributed by atoms with van der Waals surface area (Å²) < 4.78 is 6.90. The van der Waals surface area contributed by atoms with Crippen molar-refractivity contribution in [2.24, 2.45) is 0 Å². The molecule has 1 amide bonds. The monoisotopic (exact) mass is 445 g/mol. The van der Waals surface area contributed by atoms with E-state index in [9.17, 15) is 4.79 Å². The number of nitrogens with zero attached hydrogens (tertiary/aromatic N) is 3.